The van der Waals surface area contributed by atoms with Crippen LogP contribution in [0, 0.1) is 6.92 Å². The summed E-state index contributed by atoms with van der Waals surface area (Å²) in [5.74, 6) is 0.829. The SMILES string of the molecule is Cc1cccc(OCC(O)CN2CCN(Cc3cccs3)CC2)c1. The van der Waals surface area contributed by atoms with E-state index in [4.69, 9.17) is 4.74 Å². The molecule has 0 aliphatic carbocycles. The highest BCUT2D eigenvalue weighted by atomic mass is 32.1. The zero-order valence-electron chi connectivity index (χ0n) is 14.2. The molecule has 2 heterocycles. The van der Waals surface area contributed by atoms with Gasteiger partial charge in [-0.3, -0.25) is 9.80 Å². The molecule has 2 aromatic rings. The van der Waals surface area contributed by atoms with Crippen molar-refractivity contribution in [3.05, 3.63) is 52.2 Å². The number of aliphatic hydroxyl groups excluding tert-OH is 1. The van der Waals surface area contributed by atoms with Crippen LogP contribution in [0.3, 0.4) is 0 Å². The highest BCUT2D eigenvalue weighted by Gasteiger charge is 2.19. The second-order valence-electron chi connectivity index (χ2n) is 6.44. The second-order valence-corrected chi connectivity index (χ2v) is 7.47. The van der Waals surface area contributed by atoms with Gasteiger partial charge in [0.1, 0.15) is 18.5 Å². The van der Waals surface area contributed by atoms with Crippen LogP contribution in [-0.4, -0.2) is 60.3 Å². The first-order chi connectivity index (χ1) is 11.7. The summed E-state index contributed by atoms with van der Waals surface area (Å²) in [6, 6.07) is 12.3. The van der Waals surface area contributed by atoms with Crippen LogP contribution in [-0.2, 0) is 6.54 Å². The number of benzene rings is 1. The maximum absolute atomic E-state index is 10.2. The number of aryl methyl sites for hydroxylation is 1. The molecule has 1 fully saturated rings. The van der Waals surface area contributed by atoms with Crippen LogP contribution >= 0.6 is 11.3 Å². The molecule has 0 amide bonds. The van der Waals surface area contributed by atoms with E-state index in [1.165, 1.54) is 10.4 Å². The molecule has 1 unspecified atom stereocenters. The van der Waals surface area contributed by atoms with Gasteiger partial charge in [-0.25, -0.2) is 0 Å². The van der Waals surface area contributed by atoms with Gasteiger partial charge in [-0.2, -0.15) is 0 Å². The number of ether oxygens (including phenoxy) is 1. The topological polar surface area (TPSA) is 35.9 Å². The third-order valence-electron chi connectivity index (χ3n) is 4.33. The smallest absolute Gasteiger partial charge is 0.119 e. The Morgan fingerprint density at radius 3 is 2.62 bits per heavy atom. The average molecular weight is 346 g/mol. The van der Waals surface area contributed by atoms with Crippen molar-refractivity contribution >= 4 is 11.3 Å². The van der Waals surface area contributed by atoms with Gasteiger partial charge in [0.15, 0.2) is 0 Å². The third kappa shape index (κ3) is 5.31. The Kier molecular flexibility index (Phi) is 6.26. The fourth-order valence-electron chi connectivity index (χ4n) is 3.00. The summed E-state index contributed by atoms with van der Waals surface area (Å²) in [6.07, 6.45) is -0.450. The van der Waals surface area contributed by atoms with E-state index in [2.05, 4.69) is 27.3 Å². The lowest BCUT2D eigenvalue weighted by molar-refractivity contribution is 0.0448. The molecule has 0 radical (unpaired) electrons. The van der Waals surface area contributed by atoms with Crippen LogP contribution in [0.2, 0.25) is 0 Å². The minimum Gasteiger partial charge on any atom is -0.491 e. The molecule has 1 N–H and O–H groups in total. The maximum Gasteiger partial charge on any atom is 0.119 e. The number of thiophene rings is 1. The maximum atomic E-state index is 10.2. The Labute approximate surface area is 148 Å². The van der Waals surface area contributed by atoms with Gasteiger partial charge in [0.2, 0.25) is 0 Å². The van der Waals surface area contributed by atoms with Crippen molar-refractivity contribution in [2.45, 2.75) is 19.6 Å². The second kappa shape index (κ2) is 8.62. The number of nitrogens with zero attached hydrogens (tertiary/aromatic N) is 2. The zero-order valence-corrected chi connectivity index (χ0v) is 15.0. The van der Waals surface area contributed by atoms with Gasteiger partial charge >= 0.3 is 0 Å². The van der Waals surface area contributed by atoms with E-state index >= 15 is 0 Å². The molecule has 1 aliphatic heterocycles. The predicted molar refractivity (Wildman–Crippen MR) is 98.7 cm³/mol. The minimum atomic E-state index is -0.450. The lowest BCUT2D eigenvalue weighted by Crippen LogP contribution is -2.48. The molecule has 1 aliphatic rings. The van der Waals surface area contributed by atoms with Crippen LogP contribution in [0.1, 0.15) is 10.4 Å². The first-order valence-electron chi connectivity index (χ1n) is 8.53. The molecule has 1 saturated heterocycles. The van der Waals surface area contributed by atoms with E-state index in [9.17, 15) is 5.11 Å². The van der Waals surface area contributed by atoms with Crippen molar-refractivity contribution in [1.29, 1.82) is 0 Å². The van der Waals surface area contributed by atoms with Gasteiger partial charge in [-0.1, -0.05) is 18.2 Å². The lowest BCUT2D eigenvalue weighted by Gasteiger charge is -2.35. The fourth-order valence-corrected chi connectivity index (χ4v) is 3.75. The standard InChI is InChI=1S/C19H26N2O2S/c1-16-4-2-5-18(12-16)23-15-17(22)13-20-7-9-21(10-8-20)14-19-6-3-11-24-19/h2-6,11-12,17,22H,7-10,13-15H2,1H3. The Morgan fingerprint density at radius 2 is 1.92 bits per heavy atom. The monoisotopic (exact) mass is 346 g/mol. The first-order valence-corrected chi connectivity index (χ1v) is 9.41. The Morgan fingerprint density at radius 1 is 1.12 bits per heavy atom. The average Bonchev–Trinajstić information content (AvgIpc) is 3.08. The van der Waals surface area contributed by atoms with Gasteiger partial charge in [0.25, 0.3) is 0 Å². The van der Waals surface area contributed by atoms with Crippen molar-refractivity contribution in [3.63, 3.8) is 0 Å². The molecule has 4 nitrogen and oxygen atoms in total. The largest absolute Gasteiger partial charge is 0.491 e. The number of β-amino-alcohol motifs (C(OH)–C–C–N with tert-alkyl or cyclic N) is 1. The number of aliphatic hydroxyl groups is 1. The highest BCUT2D eigenvalue weighted by Crippen LogP contribution is 2.15. The summed E-state index contributed by atoms with van der Waals surface area (Å²) < 4.78 is 5.70. The van der Waals surface area contributed by atoms with Crippen LogP contribution in [0.5, 0.6) is 5.75 Å². The molecule has 1 atom stereocenters. The van der Waals surface area contributed by atoms with E-state index in [1.807, 2.05) is 42.5 Å². The summed E-state index contributed by atoms with van der Waals surface area (Å²) >= 11 is 1.82. The van der Waals surface area contributed by atoms with Crippen molar-refractivity contribution in [3.8, 4) is 5.75 Å². The van der Waals surface area contributed by atoms with E-state index < -0.39 is 6.10 Å². The molecule has 5 heteroatoms. The number of piperazine rings is 1. The van der Waals surface area contributed by atoms with E-state index in [-0.39, 0.29) is 0 Å². The molecule has 0 spiro atoms. The number of rotatable bonds is 7. The summed E-state index contributed by atoms with van der Waals surface area (Å²) in [7, 11) is 0. The van der Waals surface area contributed by atoms with E-state index in [0.29, 0.717) is 13.2 Å². The van der Waals surface area contributed by atoms with E-state index in [0.717, 1.165) is 38.5 Å². The molecular formula is C19H26N2O2S. The quantitative estimate of drug-likeness (QED) is 0.836. The molecular weight excluding hydrogens is 320 g/mol. The van der Waals surface area contributed by atoms with E-state index in [1.54, 1.807) is 0 Å². The lowest BCUT2D eigenvalue weighted by atomic mass is 10.2. The van der Waals surface area contributed by atoms with Gasteiger partial charge in [0.05, 0.1) is 0 Å². The van der Waals surface area contributed by atoms with Crippen molar-refractivity contribution in [2.24, 2.45) is 0 Å². The molecule has 1 aromatic heterocycles. The fraction of sp³-hybridized carbons (Fsp3) is 0.474. The van der Waals surface area contributed by atoms with Crippen LogP contribution in [0.25, 0.3) is 0 Å². The Balaban J connectivity index is 1.36. The van der Waals surface area contributed by atoms with Gasteiger partial charge in [0, 0.05) is 44.1 Å². The Hall–Kier alpha value is -1.40. The summed E-state index contributed by atoms with van der Waals surface area (Å²) in [5, 5.41) is 12.4. The molecule has 1 aromatic carbocycles. The predicted octanol–water partition coefficient (Wildman–Crippen LogP) is 2.61. The van der Waals surface area contributed by atoms with Gasteiger partial charge in [-0.15, -0.1) is 11.3 Å². The summed E-state index contributed by atoms with van der Waals surface area (Å²) in [4.78, 5) is 6.24. The Bertz CT molecular complexity index is 610. The van der Waals surface area contributed by atoms with Crippen molar-refractivity contribution in [1.82, 2.24) is 9.80 Å². The molecule has 130 valence electrons. The molecule has 0 saturated carbocycles. The number of hydrogen-bond donors (Lipinski definition) is 1. The zero-order chi connectivity index (χ0) is 16.8. The third-order valence-corrected chi connectivity index (χ3v) is 5.19. The molecule has 24 heavy (non-hydrogen) atoms. The highest BCUT2D eigenvalue weighted by molar-refractivity contribution is 7.09. The van der Waals surface area contributed by atoms with Gasteiger partial charge < -0.3 is 9.84 Å². The van der Waals surface area contributed by atoms with Crippen LogP contribution in [0.4, 0.5) is 0 Å². The van der Waals surface area contributed by atoms with Gasteiger partial charge in [-0.05, 0) is 36.1 Å². The van der Waals surface area contributed by atoms with Crippen LogP contribution in [0.15, 0.2) is 41.8 Å². The number of hydrogen-bond acceptors (Lipinski definition) is 5. The van der Waals surface area contributed by atoms with Crippen molar-refractivity contribution < 1.29 is 9.84 Å². The first kappa shape index (κ1) is 17.4. The summed E-state index contributed by atoms with van der Waals surface area (Å²) in [6.45, 7) is 8.24. The molecule has 3 rings (SSSR count). The van der Waals surface area contributed by atoms with Crippen molar-refractivity contribution in [2.75, 3.05) is 39.3 Å². The summed E-state index contributed by atoms with van der Waals surface area (Å²) in [5.41, 5.74) is 1.17. The molecule has 0 bridgehead atoms. The normalized spacial score (nSPS) is 17.8. The minimum absolute atomic E-state index is 0.346. The van der Waals surface area contributed by atoms with Crippen LogP contribution < -0.4 is 4.74 Å².